The molecule has 1 atom stereocenters. The summed E-state index contributed by atoms with van der Waals surface area (Å²) >= 11 is 1.31. The number of carbonyl (C=O) groups is 1. The summed E-state index contributed by atoms with van der Waals surface area (Å²) in [5, 5.41) is 11.1. The first-order chi connectivity index (χ1) is 13.9. The van der Waals surface area contributed by atoms with Crippen LogP contribution in [-0.2, 0) is 14.8 Å². The van der Waals surface area contributed by atoms with Gasteiger partial charge in [0.1, 0.15) is 11.9 Å². The van der Waals surface area contributed by atoms with Crippen molar-refractivity contribution in [2.24, 2.45) is 10.2 Å². The SMILES string of the molecule is CCC(NS(=O)(=O)c1ccc(F)cc1)C(=O)NC1=NN=C(c2ccccc2)CS1. The molecular formula is C19H19FN4O3S2. The molecule has 29 heavy (non-hydrogen) atoms. The van der Waals surface area contributed by atoms with Gasteiger partial charge in [-0.1, -0.05) is 49.0 Å². The predicted octanol–water partition coefficient (Wildman–Crippen LogP) is 2.51. The van der Waals surface area contributed by atoms with Crippen molar-refractivity contribution in [2.75, 3.05) is 5.75 Å². The molecule has 0 saturated carbocycles. The molecule has 2 aromatic rings. The average molecular weight is 435 g/mol. The van der Waals surface area contributed by atoms with Crippen LogP contribution in [0.15, 0.2) is 69.7 Å². The molecule has 0 radical (unpaired) electrons. The summed E-state index contributed by atoms with van der Waals surface area (Å²) in [5.74, 6) is -0.555. The van der Waals surface area contributed by atoms with Gasteiger partial charge < -0.3 is 5.32 Å². The van der Waals surface area contributed by atoms with Gasteiger partial charge in [-0.05, 0) is 36.2 Å². The van der Waals surface area contributed by atoms with Crippen molar-refractivity contribution >= 4 is 38.6 Å². The van der Waals surface area contributed by atoms with Crippen LogP contribution < -0.4 is 10.0 Å². The quantitative estimate of drug-likeness (QED) is 0.730. The second kappa shape index (κ2) is 9.29. The second-order valence-corrected chi connectivity index (χ2v) is 8.81. The first-order valence-corrected chi connectivity index (χ1v) is 11.3. The van der Waals surface area contributed by atoms with Gasteiger partial charge in [0.25, 0.3) is 0 Å². The van der Waals surface area contributed by atoms with Gasteiger partial charge in [-0.25, -0.2) is 12.8 Å². The first kappa shape index (κ1) is 21.2. The van der Waals surface area contributed by atoms with Crippen molar-refractivity contribution in [2.45, 2.75) is 24.3 Å². The second-order valence-electron chi connectivity index (χ2n) is 6.13. The smallest absolute Gasteiger partial charge is 0.244 e. The molecular weight excluding hydrogens is 415 g/mol. The van der Waals surface area contributed by atoms with E-state index in [1.54, 1.807) is 6.92 Å². The monoisotopic (exact) mass is 434 g/mol. The van der Waals surface area contributed by atoms with E-state index in [9.17, 15) is 17.6 Å². The molecule has 10 heteroatoms. The Bertz CT molecular complexity index is 1040. The van der Waals surface area contributed by atoms with Crippen LogP contribution in [0.3, 0.4) is 0 Å². The van der Waals surface area contributed by atoms with Gasteiger partial charge in [0.15, 0.2) is 5.17 Å². The third-order valence-corrected chi connectivity index (χ3v) is 6.45. The molecule has 0 aromatic heterocycles. The molecule has 0 spiro atoms. The third kappa shape index (κ3) is 5.49. The van der Waals surface area contributed by atoms with Gasteiger partial charge in [-0.15, -0.1) is 5.10 Å². The topological polar surface area (TPSA) is 100.0 Å². The largest absolute Gasteiger partial charge is 0.302 e. The molecule has 7 nitrogen and oxygen atoms in total. The number of nitrogens with zero attached hydrogens (tertiary/aromatic N) is 2. The fourth-order valence-electron chi connectivity index (χ4n) is 2.52. The zero-order valence-corrected chi connectivity index (χ0v) is 17.1. The zero-order chi connectivity index (χ0) is 20.9. The van der Waals surface area contributed by atoms with Crippen LogP contribution >= 0.6 is 11.8 Å². The molecule has 1 unspecified atom stereocenters. The highest BCUT2D eigenvalue weighted by Gasteiger charge is 2.26. The Hall–Kier alpha value is -2.56. The molecule has 1 amide bonds. The number of hydrogen-bond acceptors (Lipinski definition) is 6. The highest BCUT2D eigenvalue weighted by atomic mass is 32.2. The maximum absolute atomic E-state index is 13.0. The highest BCUT2D eigenvalue weighted by molar-refractivity contribution is 8.14. The van der Waals surface area contributed by atoms with E-state index < -0.39 is 27.8 Å². The van der Waals surface area contributed by atoms with Crippen molar-refractivity contribution in [3.8, 4) is 0 Å². The number of nitrogens with one attached hydrogen (secondary N) is 2. The Labute approximate surface area is 172 Å². The van der Waals surface area contributed by atoms with E-state index in [-0.39, 0.29) is 11.3 Å². The van der Waals surface area contributed by atoms with Crippen molar-refractivity contribution in [3.63, 3.8) is 0 Å². The standard InChI is InChI=1S/C19H19FN4O3S2/c1-2-16(24-29(26,27)15-10-8-14(20)9-11-15)18(25)21-19-23-22-17(12-28-19)13-6-4-3-5-7-13/h3-11,16,24H,2,12H2,1H3,(H,21,23,25). The van der Waals surface area contributed by atoms with Crippen LogP contribution in [0.2, 0.25) is 0 Å². The van der Waals surface area contributed by atoms with Crippen molar-refractivity contribution in [3.05, 3.63) is 66.0 Å². The Balaban J connectivity index is 1.66. The lowest BCUT2D eigenvalue weighted by Crippen LogP contribution is -2.47. The van der Waals surface area contributed by atoms with Crippen LogP contribution in [0.25, 0.3) is 0 Å². The number of hydrogen-bond donors (Lipinski definition) is 2. The summed E-state index contributed by atoms with van der Waals surface area (Å²) in [7, 11) is -3.97. The van der Waals surface area contributed by atoms with Crippen molar-refractivity contribution in [1.29, 1.82) is 0 Å². The molecule has 0 bridgehead atoms. The predicted molar refractivity (Wildman–Crippen MR) is 112 cm³/mol. The Morgan fingerprint density at radius 2 is 1.83 bits per heavy atom. The summed E-state index contributed by atoms with van der Waals surface area (Å²) in [4.78, 5) is 12.4. The van der Waals surface area contributed by atoms with Gasteiger partial charge in [0.2, 0.25) is 15.9 Å². The van der Waals surface area contributed by atoms with Crippen molar-refractivity contribution < 1.29 is 17.6 Å². The minimum Gasteiger partial charge on any atom is -0.302 e. The molecule has 1 aliphatic rings. The highest BCUT2D eigenvalue weighted by Crippen LogP contribution is 2.15. The molecule has 3 rings (SSSR count). The summed E-state index contributed by atoms with van der Waals surface area (Å²) in [6.07, 6.45) is 0.225. The lowest BCUT2D eigenvalue weighted by atomic mass is 10.1. The van der Waals surface area contributed by atoms with Crippen LogP contribution in [0.4, 0.5) is 4.39 Å². The summed E-state index contributed by atoms with van der Waals surface area (Å²) in [5.41, 5.74) is 1.74. The molecule has 0 saturated heterocycles. The minimum atomic E-state index is -3.97. The van der Waals surface area contributed by atoms with Gasteiger partial charge >= 0.3 is 0 Å². The zero-order valence-electron chi connectivity index (χ0n) is 15.5. The fraction of sp³-hybridized carbons (Fsp3) is 0.211. The Kier molecular flexibility index (Phi) is 6.78. The molecule has 0 aliphatic carbocycles. The van der Waals surface area contributed by atoms with Crippen LogP contribution in [0.1, 0.15) is 18.9 Å². The molecule has 0 fully saturated rings. The van der Waals surface area contributed by atoms with Crippen molar-refractivity contribution in [1.82, 2.24) is 10.0 Å². The summed E-state index contributed by atoms with van der Waals surface area (Å²) in [6.45, 7) is 1.68. The summed E-state index contributed by atoms with van der Waals surface area (Å²) < 4.78 is 40.2. The number of carbonyl (C=O) groups excluding carboxylic acids is 1. The number of amidine groups is 1. The number of thioether (sulfide) groups is 1. The molecule has 1 aliphatic heterocycles. The Morgan fingerprint density at radius 1 is 1.14 bits per heavy atom. The van der Waals surface area contributed by atoms with Gasteiger partial charge in [0.05, 0.1) is 10.6 Å². The fourth-order valence-corrected chi connectivity index (χ4v) is 4.56. The van der Waals surface area contributed by atoms with Gasteiger partial charge in [0, 0.05) is 5.75 Å². The van der Waals surface area contributed by atoms with E-state index in [1.807, 2.05) is 30.3 Å². The molecule has 1 heterocycles. The maximum Gasteiger partial charge on any atom is 0.244 e. The van der Waals surface area contributed by atoms with Crippen LogP contribution in [0, 0.1) is 5.82 Å². The van der Waals surface area contributed by atoms with E-state index in [0.717, 1.165) is 35.5 Å². The van der Waals surface area contributed by atoms with E-state index >= 15 is 0 Å². The Morgan fingerprint density at radius 3 is 2.41 bits per heavy atom. The van der Waals surface area contributed by atoms with Crippen LogP contribution in [-0.4, -0.2) is 37.0 Å². The lowest BCUT2D eigenvalue weighted by Gasteiger charge is -2.18. The molecule has 2 aromatic carbocycles. The molecule has 152 valence electrons. The molecule has 2 N–H and O–H groups in total. The number of halogens is 1. The normalized spacial score (nSPS) is 15.2. The first-order valence-electron chi connectivity index (χ1n) is 8.80. The van der Waals surface area contributed by atoms with E-state index in [2.05, 4.69) is 20.2 Å². The van der Waals surface area contributed by atoms with Gasteiger partial charge in [-0.2, -0.15) is 9.82 Å². The average Bonchev–Trinajstić information content (AvgIpc) is 2.73. The minimum absolute atomic E-state index is 0.119. The van der Waals surface area contributed by atoms with Gasteiger partial charge in [-0.3, -0.25) is 4.79 Å². The van der Waals surface area contributed by atoms with E-state index in [0.29, 0.717) is 10.9 Å². The van der Waals surface area contributed by atoms with E-state index in [4.69, 9.17) is 0 Å². The number of amides is 1. The van der Waals surface area contributed by atoms with E-state index in [1.165, 1.54) is 11.8 Å². The summed E-state index contributed by atoms with van der Waals surface area (Å²) in [6, 6.07) is 12.9. The van der Waals surface area contributed by atoms with Crippen LogP contribution in [0.5, 0.6) is 0 Å². The third-order valence-electron chi connectivity index (χ3n) is 4.09. The number of rotatable bonds is 6. The maximum atomic E-state index is 13.0. The lowest BCUT2D eigenvalue weighted by molar-refractivity contribution is -0.121. The number of sulfonamides is 1. The number of benzene rings is 2.